The predicted octanol–water partition coefficient (Wildman–Crippen LogP) is 0.420. The molecule has 56 heavy (non-hydrogen) atoms. The summed E-state index contributed by atoms with van der Waals surface area (Å²) in [5.74, 6) is -4.99. The van der Waals surface area contributed by atoms with E-state index in [2.05, 4.69) is 25.4 Å². The maximum atomic E-state index is 14.5. The number of anilines is 1. The standard InChI is InChI=1S/C36H43F2N9O9/c1-20(2)23-14-24(26(50)15-25(23)49)32-41-42-35(55)47(32)22-6-4-21(5-7-22)16-44-10-12-45(13-11-44)30(52)18-43(3)17-29(51)39-28-8-9-46(34(54)40-28)33-36(37,38)31(53)27(19-48)56-33/h4-9,14-15,20,27,31,33,48-50,53H,10-13,16-19H2,1-3H3,(H,42,55)(H,39,40,51,54)/t27-,31-,33?/m1/s1. The summed E-state index contributed by atoms with van der Waals surface area (Å²) in [6.45, 7) is 5.31. The molecule has 2 amide bonds. The van der Waals surface area contributed by atoms with Crippen molar-refractivity contribution in [2.45, 2.75) is 50.7 Å². The van der Waals surface area contributed by atoms with E-state index >= 15 is 0 Å². The summed E-state index contributed by atoms with van der Waals surface area (Å²) in [5.41, 5.74) is 0.722. The highest BCUT2D eigenvalue weighted by Crippen LogP contribution is 2.42. The average Bonchev–Trinajstić information content (AvgIpc) is 3.63. The molecule has 6 rings (SSSR count). The van der Waals surface area contributed by atoms with Crippen LogP contribution in [0.25, 0.3) is 17.1 Å². The van der Waals surface area contributed by atoms with Crippen molar-refractivity contribution in [1.29, 1.82) is 0 Å². The zero-order chi connectivity index (χ0) is 40.5. The molecule has 4 heterocycles. The van der Waals surface area contributed by atoms with Gasteiger partial charge in [0.1, 0.15) is 23.4 Å². The van der Waals surface area contributed by atoms with Crippen molar-refractivity contribution in [2.75, 3.05) is 58.2 Å². The van der Waals surface area contributed by atoms with E-state index < -0.39 is 48.3 Å². The van der Waals surface area contributed by atoms with Crippen molar-refractivity contribution in [3.8, 4) is 28.6 Å². The number of aliphatic hydroxyl groups excluding tert-OH is 2. The molecule has 3 atom stereocenters. The zero-order valence-corrected chi connectivity index (χ0v) is 30.8. The molecule has 2 aromatic heterocycles. The number of H-pyrrole nitrogens is 1. The van der Waals surface area contributed by atoms with Crippen LogP contribution in [-0.4, -0.2) is 142 Å². The van der Waals surface area contributed by atoms with Gasteiger partial charge in [-0.05, 0) is 48.4 Å². The highest BCUT2D eigenvalue weighted by atomic mass is 19.3. The van der Waals surface area contributed by atoms with Gasteiger partial charge in [0.05, 0.1) is 30.9 Å². The first-order chi connectivity index (χ1) is 26.6. The first-order valence-corrected chi connectivity index (χ1v) is 17.8. The predicted molar refractivity (Wildman–Crippen MR) is 195 cm³/mol. The van der Waals surface area contributed by atoms with Crippen LogP contribution >= 0.6 is 0 Å². The van der Waals surface area contributed by atoms with E-state index in [1.54, 1.807) is 30.1 Å². The van der Waals surface area contributed by atoms with E-state index in [1.807, 2.05) is 26.0 Å². The lowest BCUT2D eigenvalue weighted by atomic mass is 9.98. The Hall–Kier alpha value is -5.54. The van der Waals surface area contributed by atoms with Crippen LogP contribution in [0, 0.1) is 0 Å². The number of hydrogen-bond donors (Lipinski definition) is 6. The number of piperazine rings is 1. The second-order valence-electron chi connectivity index (χ2n) is 14.1. The van der Waals surface area contributed by atoms with Gasteiger partial charge in [0, 0.05) is 45.0 Å². The van der Waals surface area contributed by atoms with Crippen molar-refractivity contribution in [1.82, 2.24) is 39.0 Å². The molecule has 0 radical (unpaired) electrons. The number of hydrogen-bond acceptors (Lipinski definition) is 13. The second kappa shape index (κ2) is 16.3. The van der Waals surface area contributed by atoms with Crippen LogP contribution in [0.1, 0.15) is 37.1 Å². The molecular formula is C36H43F2N9O9. The second-order valence-corrected chi connectivity index (χ2v) is 14.1. The number of nitrogens with one attached hydrogen (secondary N) is 2. The van der Waals surface area contributed by atoms with E-state index in [9.17, 15) is 48.4 Å². The number of aliphatic hydroxyl groups is 2. The Kier molecular flexibility index (Phi) is 11.7. The van der Waals surface area contributed by atoms with Gasteiger partial charge in [-0.1, -0.05) is 26.0 Å². The van der Waals surface area contributed by atoms with E-state index in [0.717, 1.165) is 17.8 Å². The third-order valence-electron chi connectivity index (χ3n) is 9.73. The molecule has 0 aliphatic carbocycles. The van der Waals surface area contributed by atoms with E-state index in [4.69, 9.17) is 4.74 Å². The van der Waals surface area contributed by atoms with Crippen LogP contribution in [0.15, 0.2) is 58.3 Å². The molecule has 300 valence electrons. The van der Waals surface area contributed by atoms with Gasteiger partial charge in [0.2, 0.25) is 18.0 Å². The summed E-state index contributed by atoms with van der Waals surface area (Å²) in [4.78, 5) is 59.9. The number of aromatic hydroxyl groups is 2. The fourth-order valence-corrected chi connectivity index (χ4v) is 6.71. The van der Waals surface area contributed by atoms with Crippen LogP contribution in [0.3, 0.4) is 0 Å². The van der Waals surface area contributed by atoms with Crippen LogP contribution in [0.2, 0.25) is 0 Å². The summed E-state index contributed by atoms with van der Waals surface area (Å²) in [6.07, 6.45) is -5.19. The smallest absolute Gasteiger partial charge is 0.351 e. The van der Waals surface area contributed by atoms with Gasteiger partial charge in [0.25, 0.3) is 0 Å². The third kappa shape index (κ3) is 8.33. The summed E-state index contributed by atoms with van der Waals surface area (Å²) in [6, 6.07) is 11.3. The number of alkyl halides is 2. The molecule has 0 saturated carbocycles. The first kappa shape index (κ1) is 40.1. The lowest BCUT2D eigenvalue weighted by Crippen LogP contribution is -2.51. The van der Waals surface area contributed by atoms with Crippen LogP contribution in [0.5, 0.6) is 11.5 Å². The average molecular weight is 784 g/mol. The Labute approximate surface area is 318 Å². The van der Waals surface area contributed by atoms with Crippen molar-refractivity contribution in [2.24, 2.45) is 0 Å². The number of carbonyl (C=O) groups is 2. The number of nitrogens with zero attached hydrogens (tertiary/aromatic N) is 7. The van der Waals surface area contributed by atoms with Crippen LogP contribution in [-0.2, 0) is 20.9 Å². The lowest BCUT2D eigenvalue weighted by Gasteiger charge is -2.35. The highest BCUT2D eigenvalue weighted by Gasteiger charge is 2.59. The number of likely N-dealkylation sites (N-methyl/N-ethyl adjacent to an activating group) is 1. The monoisotopic (exact) mass is 783 g/mol. The molecule has 2 fully saturated rings. The number of rotatable bonds is 12. The molecule has 2 aromatic carbocycles. The van der Waals surface area contributed by atoms with Crippen molar-refractivity contribution in [3.05, 3.63) is 80.8 Å². The zero-order valence-electron chi connectivity index (χ0n) is 30.8. The normalized spacial score (nSPS) is 19.9. The molecule has 2 aliphatic heterocycles. The summed E-state index contributed by atoms with van der Waals surface area (Å²) in [7, 11) is 1.57. The Morgan fingerprint density at radius 3 is 2.38 bits per heavy atom. The highest BCUT2D eigenvalue weighted by molar-refractivity contribution is 5.91. The molecule has 20 heteroatoms. The van der Waals surface area contributed by atoms with E-state index in [0.29, 0.717) is 54.1 Å². The fraction of sp³-hybridized carbons (Fsp3) is 0.444. The van der Waals surface area contributed by atoms with Crippen LogP contribution in [0.4, 0.5) is 14.6 Å². The van der Waals surface area contributed by atoms with Crippen molar-refractivity contribution < 1.29 is 43.5 Å². The minimum Gasteiger partial charge on any atom is -0.508 e. The Balaban J connectivity index is 0.977. The molecule has 0 spiro atoms. The number of amides is 2. The SMILES string of the molecule is CC(C)c1cc(-c2n[nH]c(=O)n2-c2ccc(CN3CCN(C(=O)CN(C)CC(=O)Nc4ccn(C5O[C@H](CO)[C@@H](O)C5(F)F)c(=O)n4)CC3)cc2)c(O)cc1O. The first-order valence-electron chi connectivity index (χ1n) is 17.8. The summed E-state index contributed by atoms with van der Waals surface area (Å²) in [5, 5.41) is 48.7. The minimum atomic E-state index is -3.88. The van der Waals surface area contributed by atoms with Crippen LogP contribution < -0.4 is 16.7 Å². The number of ether oxygens (including phenoxy) is 1. The Morgan fingerprint density at radius 1 is 1.05 bits per heavy atom. The Bertz CT molecular complexity index is 2180. The molecule has 2 saturated heterocycles. The van der Waals surface area contributed by atoms with E-state index in [1.165, 1.54) is 15.5 Å². The number of benzene rings is 2. The Morgan fingerprint density at radius 2 is 1.75 bits per heavy atom. The van der Waals surface area contributed by atoms with Crippen molar-refractivity contribution in [3.63, 3.8) is 0 Å². The van der Waals surface area contributed by atoms with Gasteiger partial charge in [-0.15, -0.1) is 0 Å². The fourth-order valence-electron chi connectivity index (χ4n) is 6.71. The lowest BCUT2D eigenvalue weighted by molar-refractivity contribution is -0.141. The van der Waals surface area contributed by atoms with Gasteiger partial charge >= 0.3 is 17.3 Å². The number of carbonyl (C=O) groups excluding carboxylic acids is 2. The van der Waals surface area contributed by atoms with Gasteiger partial charge in [0.15, 0.2) is 11.9 Å². The summed E-state index contributed by atoms with van der Waals surface area (Å²) >= 11 is 0. The number of aromatic nitrogens is 5. The number of phenols is 2. The van der Waals surface area contributed by atoms with Crippen molar-refractivity contribution >= 4 is 17.6 Å². The molecule has 0 bridgehead atoms. The largest absolute Gasteiger partial charge is 0.508 e. The minimum absolute atomic E-state index is 0.0389. The molecule has 2 aliphatic rings. The maximum Gasteiger partial charge on any atom is 0.351 e. The molecule has 6 N–H and O–H groups in total. The van der Waals surface area contributed by atoms with Gasteiger partial charge in [-0.3, -0.25) is 24.0 Å². The third-order valence-corrected chi connectivity index (χ3v) is 9.73. The number of phenolic OH excluding ortho intramolecular Hbond substituents is 2. The molecular weight excluding hydrogens is 740 g/mol. The molecule has 4 aromatic rings. The quantitative estimate of drug-likeness (QED) is 0.115. The van der Waals surface area contributed by atoms with E-state index in [-0.39, 0.29) is 48.1 Å². The number of halogens is 2. The topological polar surface area (TPSA) is 232 Å². The maximum absolute atomic E-state index is 14.5. The van der Waals surface area contributed by atoms with Gasteiger partial charge in [-0.2, -0.15) is 18.9 Å². The molecule has 1 unspecified atom stereocenters. The number of aromatic amines is 1. The van der Waals surface area contributed by atoms with Gasteiger partial charge < -0.3 is 35.4 Å². The summed E-state index contributed by atoms with van der Waals surface area (Å²) < 4.78 is 35.7. The molecule has 18 nitrogen and oxygen atoms in total. The van der Waals surface area contributed by atoms with Gasteiger partial charge in [-0.25, -0.2) is 19.3 Å².